The molecule has 2 unspecified atom stereocenters. The zero-order valence-corrected chi connectivity index (χ0v) is 12.5. The van der Waals surface area contributed by atoms with E-state index < -0.39 is 0 Å². The summed E-state index contributed by atoms with van der Waals surface area (Å²) in [5.41, 5.74) is 0.524. The first kappa shape index (κ1) is 15.0. The van der Waals surface area contributed by atoms with Gasteiger partial charge in [-0.2, -0.15) is 0 Å². The van der Waals surface area contributed by atoms with Crippen molar-refractivity contribution in [1.82, 2.24) is 5.32 Å². The molecule has 1 heteroatoms. The van der Waals surface area contributed by atoms with E-state index in [-0.39, 0.29) is 0 Å². The highest BCUT2D eigenvalue weighted by Crippen LogP contribution is 2.37. The number of hydrogen-bond donors (Lipinski definition) is 1. The van der Waals surface area contributed by atoms with Gasteiger partial charge in [-0.15, -0.1) is 0 Å². The molecule has 0 aliphatic heterocycles. The van der Waals surface area contributed by atoms with E-state index in [1.807, 2.05) is 0 Å². The van der Waals surface area contributed by atoms with Crippen LogP contribution in [0.25, 0.3) is 0 Å². The third-order valence-corrected chi connectivity index (χ3v) is 4.48. The molecule has 1 nitrogen and oxygen atoms in total. The summed E-state index contributed by atoms with van der Waals surface area (Å²) in [5, 5.41) is 3.86. The molecule has 1 aliphatic rings. The molecule has 0 amide bonds. The van der Waals surface area contributed by atoms with Crippen molar-refractivity contribution in [2.24, 2.45) is 5.41 Å². The third kappa shape index (κ3) is 5.42. The molecule has 0 bridgehead atoms. The Morgan fingerprint density at radius 1 is 1.18 bits per heavy atom. The van der Waals surface area contributed by atoms with Crippen molar-refractivity contribution in [2.45, 2.75) is 97.6 Å². The lowest BCUT2D eigenvalue weighted by molar-refractivity contribution is 0.259. The number of unbranched alkanes of at least 4 members (excludes halogenated alkanes) is 4. The second-order valence-electron chi connectivity index (χ2n) is 6.70. The standard InChI is InChI=1S/C16H33N/c1-5-6-7-8-9-11-14(2)17-15-12-10-13-16(15,3)4/h14-15,17H,5-13H2,1-4H3. The van der Waals surface area contributed by atoms with Crippen LogP contribution in [0.2, 0.25) is 0 Å². The molecular weight excluding hydrogens is 206 g/mol. The van der Waals surface area contributed by atoms with E-state index in [2.05, 4.69) is 33.0 Å². The van der Waals surface area contributed by atoms with Crippen molar-refractivity contribution in [3.05, 3.63) is 0 Å². The summed E-state index contributed by atoms with van der Waals surface area (Å²) in [5.74, 6) is 0. The van der Waals surface area contributed by atoms with Crippen LogP contribution in [0.1, 0.15) is 85.5 Å². The van der Waals surface area contributed by atoms with Crippen molar-refractivity contribution < 1.29 is 0 Å². The summed E-state index contributed by atoms with van der Waals surface area (Å²) in [6.07, 6.45) is 12.6. The van der Waals surface area contributed by atoms with Gasteiger partial charge in [0.25, 0.3) is 0 Å². The van der Waals surface area contributed by atoms with Crippen LogP contribution in [0.3, 0.4) is 0 Å². The van der Waals surface area contributed by atoms with Crippen LogP contribution in [0.4, 0.5) is 0 Å². The molecule has 1 saturated carbocycles. The summed E-state index contributed by atoms with van der Waals surface area (Å²) >= 11 is 0. The van der Waals surface area contributed by atoms with E-state index in [1.54, 1.807) is 0 Å². The molecule has 0 spiro atoms. The van der Waals surface area contributed by atoms with Crippen LogP contribution in [-0.4, -0.2) is 12.1 Å². The first-order valence-corrected chi connectivity index (χ1v) is 7.82. The minimum absolute atomic E-state index is 0.524. The molecule has 1 fully saturated rings. The summed E-state index contributed by atoms with van der Waals surface area (Å²) in [7, 11) is 0. The predicted octanol–water partition coefficient (Wildman–Crippen LogP) is 4.90. The molecule has 0 radical (unpaired) electrons. The number of hydrogen-bond acceptors (Lipinski definition) is 1. The molecular formula is C16H33N. The molecule has 102 valence electrons. The summed E-state index contributed by atoms with van der Waals surface area (Å²) in [4.78, 5) is 0. The van der Waals surface area contributed by atoms with Crippen LogP contribution >= 0.6 is 0 Å². The highest BCUT2D eigenvalue weighted by Gasteiger charge is 2.34. The van der Waals surface area contributed by atoms with Gasteiger partial charge in [-0.1, -0.05) is 59.3 Å². The summed E-state index contributed by atoms with van der Waals surface area (Å²) < 4.78 is 0. The van der Waals surface area contributed by atoms with Crippen LogP contribution < -0.4 is 5.32 Å². The van der Waals surface area contributed by atoms with E-state index >= 15 is 0 Å². The van der Waals surface area contributed by atoms with Gasteiger partial charge < -0.3 is 5.32 Å². The van der Waals surface area contributed by atoms with Crippen molar-refractivity contribution >= 4 is 0 Å². The Morgan fingerprint density at radius 3 is 2.47 bits per heavy atom. The predicted molar refractivity (Wildman–Crippen MR) is 77.4 cm³/mol. The fraction of sp³-hybridized carbons (Fsp3) is 1.00. The number of rotatable bonds is 8. The van der Waals surface area contributed by atoms with Gasteiger partial charge >= 0.3 is 0 Å². The highest BCUT2D eigenvalue weighted by atomic mass is 15.0. The van der Waals surface area contributed by atoms with Crippen LogP contribution in [0.5, 0.6) is 0 Å². The van der Waals surface area contributed by atoms with Gasteiger partial charge in [-0.25, -0.2) is 0 Å². The van der Waals surface area contributed by atoms with E-state index in [4.69, 9.17) is 0 Å². The first-order chi connectivity index (χ1) is 8.06. The Morgan fingerprint density at radius 2 is 1.88 bits per heavy atom. The summed E-state index contributed by atoms with van der Waals surface area (Å²) in [6.45, 7) is 9.50. The Labute approximate surface area is 109 Å². The third-order valence-electron chi connectivity index (χ3n) is 4.48. The molecule has 0 aromatic carbocycles. The zero-order valence-electron chi connectivity index (χ0n) is 12.5. The van der Waals surface area contributed by atoms with E-state index in [0.29, 0.717) is 11.5 Å². The molecule has 0 heterocycles. The lowest BCUT2D eigenvalue weighted by atomic mass is 9.87. The van der Waals surface area contributed by atoms with E-state index in [0.717, 1.165) is 6.04 Å². The SMILES string of the molecule is CCCCCCCC(C)NC1CCCC1(C)C. The second kappa shape index (κ2) is 7.41. The highest BCUT2D eigenvalue weighted by molar-refractivity contribution is 4.91. The minimum atomic E-state index is 0.524. The molecule has 17 heavy (non-hydrogen) atoms. The molecule has 0 saturated heterocycles. The lowest BCUT2D eigenvalue weighted by Crippen LogP contribution is -2.42. The average Bonchev–Trinajstić information content (AvgIpc) is 2.58. The van der Waals surface area contributed by atoms with Gasteiger partial charge in [0.2, 0.25) is 0 Å². The summed E-state index contributed by atoms with van der Waals surface area (Å²) in [6, 6.07) is 1.46. The van der Waals surface area contributed by atoms with Crippen molar-refractivity contribution in [3.63, 3.8) is 0 Å². The largest absolute Gasteiger partial charge is 0.311 e. The smallest absolute Gasteiger partial charge is 0.0121 e. The van der Waals surface area contributed by atoms with Crippen molar-refractivity contribution in [1.29, 1.82) is 0 Å². The van der Waals surface area contributed by atoms with Crippen LogP contribution in [0, 0.1) is 5.41 Å². The van der Waals surface area contributed by atoms with Crippen LogP contribution in [-0.2, 0) is 0 Å². The van der Waals surface area contributed by atoms with E-state index in [1.165, 1.54) is 57.8 Å². The molecule has 2 atom stereocenters. The average molecular weight is 239 g/mol. The molecule has 0 aromatic heterocycles. The van der Waals surface area contributed by atoms with Gasteiger partial charge in [0.05, 0.1) is 0 Å². The maximum atomic E-state index is 3.86. The lowest BCUT2D eigenvalue weighted by Gasteiger charge is -2.31. The van der Waals surface area contributed by atoms with Gasteiger partial charge in [-0.3, -0.25) is 0 Å². The second-order valence-corrected chi connectivity index (χ2v) is 6.70. The fourth-order valence-corrected chi connectivity index (χ4v) is 3.12. The van der Waals surface area contributed by atoms with Gasteiger partial charge in [0.1, 0.15) is 0 Å². The van der Waals surface area contributed by atoms with Gasteiger partial charge in [-0.05, 0) is 31.6 Å². The topological polar surface area (TPSA) is 12.0 Å². The van der Waals surface area contributed by atoms with E-state index in [9.17, 15) is 0 Å². The van der Waals surface area contributed by atoms with Crippen molar-refractivity contribution in [2.75, 3.05) is 0 Å². The molecule has 1 N–H and O–H groups in total. The molecule has 1 rings (SSSR count). The Bertz CT molecular complexity index is 198. The number of nitrogens with one attached hydrogen (secondary N) is 1. The van der Waals surface area contributed by atoms with Gasteiger partial charge in [0, 0.05) is 12.1 Å². The van der Waals surface area contributed by atoms with Crippen molar-refractivity contribution in [3.8, 4) is 0 Å². The fourth-order valence-electron chi connectivity index (χ4n) is 3.12. The Balaban J connectivity index is 2.10. The first-order valence-electron chi connectivity index (χ1n) is 7.82. The minimum Gasteiger partial charge on any atom is -0.311 e. The Kier molecular flexibility index (Phi) is 6.54. The maximum absolute atomic E-state index is 3.86. The zero-order chi connectivity index (χ0) is 12.7. The van der Waals surface area contributed by atoms with Gasteiger partial charge in [0.15, 0.2) is 0 Å². The maximum Gasteiger partial charge on any atom is 0.0121 e. The molecule has 0 aromatic rings. The normalized spacial score (nSPS) is 25.1. The van der Waals surface area contributed by atoms with Crippen LogP contribution in [0.15, 0.2) is 0 Å². The Hall–Kier alpha value is -0.0400. The quantitative estimate of drug-likeness (QED) is 0.594. The molecule has 1 aliphatic carbocycles. The monoisotopic (exact) mass is 239 g/mol.